The molecule has 2 N–H and O–H groups in total. The maximum Gasteiger partial charge on any atom is 0.276 e. The van der Waals surface area contributed by atoms with Gasteiger partial charge in [0.25, 0.3) is 11.8 Å². The fraction of sp³-hybridized carbons (Fsp3) is 0.318. The van der Waals surface area contributed by atoms with E-state index in [0.29, 0.717) is 44.5 Å². The molecule has 2 heterocycles. The van der Waals surface area contributed by atoms with Crippen molar-refractivity contribution < 1.29 is 9.59 Å². The van der Waals surface area contributed by atoms with Gasteiger partial charge in [-0.15, -0.1) is 11.3 Å². The summed E-state index contributed by atoms with van der Waals surface area (Å²) >= 11 is 13.8. The van der Waals surface area contributed by atoms with E-state index in [1.54, 1.807) is 35.1 Å². The van der Waals surface area contributed by atoms with Gasteiger partial charge in [-0.25, -0.2) is 0 Å². The number of fused-ring (bicyclic) bond motifs is 1. The monoisotopic (exact) mass is 476 g/mol. The van der Waals surface area contributed by atoms with Gasteiger partial charge in [0.05, 0.1) is 16.3 Å². The van der Waals surface area contributed by atoms with Crippen molar-refractivity contribution in [2.75, 3.05) is 10.6 Å². The van der Waals surface area contributed by atoms with Gasteiger partial charge in [0.2, 0.25) is 0 Å². The van der Waals surface area contributed by atoms with Crippen molar-refractivity contribution in [3.05, 3.63) is 62.2 Å². The standard InChI is InChI=1S/C22H22Cl2N4O2S/c1-3-28-9-8-16(27-28)20(29)26-22-19(14-6-4-12(2)10-18(14)31-22)21(30)25-17-11-13(23)5-7-15(17)24/h5,7-9,11-12H,3-4,6,10H2,1-2H3,(H,25,30)(H,26,29)/t12-/m0/s1. The summed E-state index contributed by atoms with van der Waals surface area (Å²) in [5.41, 5.74) is 2.23. The lowest BCUT2D eigenvalue weighted by Gasteiger charge is -2.19. The molecule has 1 aromatic carbocycles. The third kappa shape index (κ3) is 4.63. The third-order valence-corrected chi connectivity index (χ3v) is 7.07. The van der Waals surface area contributed by atoms with Crippen LogP contribution in [0.5, 0.6) is 0 Å². The van der Waals surface area contributed by atoms with E-state index in [2.05, 4.69) is 22.7 Å². The summed E-state index contributed by atoms with van der Waals surface area (Å²) in [5.74, 6) is -0.118. The summed E-state index contributed by atoms with van der Waals surface area (Å²) in [6, 6.07) is 6.57. The predicted molar refractivity (Wildman–Crippen MR) is 126 cm³/mol. The van der Waals surface area contributed by atoms with E-state index in [1.807, 2.05) is 6.92 Å². The van der Waals surface area contributed by atoms with Crippen LogP contribution in [0.1, 0.15) is 51.6 Å². The number of hydrogen-bond donors (Lipinski definition) is 2. The van der Waals surface area contributed by atoms with Crippen molar-refractivity contribution >= 4 is 57.0 Å². The molecule has 2 aromatic heterocycles. The van der Waals surface area contributed by atoms with Crippen molar-refractivity contribution in [1.29, 1.82) is 0 Å². The van der Waals surface area contributed by atoms with Crippen LogP contribution < -0.4 is 10.6 Å². The van der Waals surface area contributed by atoms with Crippen molar-refractivity contribution in [3.63, 3.8) is 0 Å². The molecule has 0 saturated carbocycles. The zero-order chi connectivity index (χ0) is 22.1. The summed E-state index contributed by atoms with van der Waals surface area (Å²) < 4.78 is 1.69. The minimum absolute atomic E-state index is 0.311. The molecule has 4 rings (SSSR count). The molecule has 31 heavy (non-hydrogen) atoms. The van der Waals surface area contributed by atoms with E-state index < -0.39 is 0 Å². The predicted octanol–water partition coefficient (Wildman–Crippen LogP) is 5.90. The lowest BCUT2D eigenvalue weighted by atomic mass is 9.88. The van der Waals surface area contributed by atoms with Crippen LogP contribution in [0.2, 0.25) is 10.0 Å². The second-order valence-corrected chi connectivity index (χ2v) is 9.59. The lowest BCUT2D eigenvalue weighted by Crippen LogP contribution is -2.20. The lowest BCUT2D eigenvalue weighted by molar-refractivity contribution is 0.102. The van der Waals surface area contributed by atoms with Crippen molar-refractivity contribution in [3.8, 4) is 0 Å². The Kier molecular flexibility index (Phi) is 6.36. The minimum Gasteiger partial charge on any atom is -0.320 e. The second kappa shape index (κ2) is 9.02. The summed E-state index contributed by atoms with van der Waals surface area (Å²) in [7, 11) is 0. The van der Waals surface area contributed by atoms with E-state index in [4.69, 9.17) is 23.2 Å². The van der Waals surface area contributed by atoms with E-state index in [9.17, 15) is 9.59 Å². The quantitative estimate of drug-likeness (QED) is 0.480. The Balaban J connectivity index is 1.67. The molecule has 0 fully saturated rings. The van der Waals surface area contributed by atoms with Gasteiger partial charge in [-0.2, -0.15) is 5.10 Å². The molecular weight excluding hydrogens is 455 g/mol. The van der Waals surface area contributed by atoms with Gasteiger partial charge < -0.3 is 10.6 Å². The second-order valence-electron chi connectivity index (χ2n) is 7.64. The van der Waals surface area contributed by atoms with Crippen LogP contribution in [-0.2, 0) is 19.4 Å². The first-order chi connectivity index (χ1) is 14.9. The average Bonchev–Trinajstić information content (AvgIpc) is 3.34. The molecule has 1 aliphatic rings. The topological polar surface area (TPSA) is 76.0 Å². The van der Waals surface area contributed by atoms with Crippen molar-refractivity contribution in [1.82, 2.24) is 9.78 Å². The number of aromatic nitrogens is 2. The van der Waals surface area contributed by atoms with Crippen LogP contribution in [-0.4, -0.2) is 21.6 Å². The first kappa shape index (κ1) is 21.9. The van der Waals surface area contributed by atoms with E-state index >= 15 is 0 Å². The summed E-state index contributed by atoms with van der Waals surface area (Å²) in [4.78, 5) is 27.2. The zero-order valence-corrected chi connectivity index (χ0v) is 19.5. The number of anilines is 2. The first-order valence-electron chi connectivity index (χ1n) is 10.1. The van der Waals surface area contributed by atoms with E-state index in [0.717, 1.165) is 29.7 Å². The highest BCUT2D eigenvalue weighted by Crippen LogP contribution is 2.40. The van der Waals surface area contributed by atoms with Gasteiger partial charge in [-0.1, -0.05) is 30.1 Å². The molecule has 6 nitrogen and oxygen atoms in total. The Labute approximate surface area is 194 Å². The van der Waals surface area contributed by atoms with Crippen molar-refractivity contribution in [2.24, 2.45) is 5.92 Å². The van der Waals surface area contributed by atoms with Crippen molar-refractivity contribution in [2.45, 2.75) is 39.7 Å². The Morgan fingerprint density at radius 1 is 1.23 bits per heavy atom. The maximum absolute atomic E-state index is 13.3. The molecule has 1 atom stereocenters. The number of nitrogens with one attached hydrogen (secondary N) is 2. The van der Waals surface area contributed by atoms with Gasteiger partial charge in [0, 0.05) is 22.6 Å². The summed E-state index contributed by atoms with van der Waals surface area (Å²) in [5, 5.41) is 11.4. The van der Waals surface area contributed by atoms with Crippen LogP contribution in [0, 0.1) is 5.92 Å². The fourth-order valence-corrected chi connectivity index (χ4v) is 5.42. The van der Waals surface area contributed by atoms with Crippen LogP contribution in [0.15, 0.2) is 30.5 Å². The largest absolute Gasteiger partial charge is 0.320 e. The molecule has 3 aromatic rings. The first-order valence-corrected chi connectivity index (χ1v) is 11.7. The number of rotatable bonds is 5. The van der Waals surface area contributed by atoms with Crippen LogP contribution in [0.3, 0.4) is 0 Å². The molecule has 0 spiro atoms. The van der Waals surface area contributed by atoms with Gasteiger partial charge >= 0.3 is 0 Å². The highest BCUT2D eigenvalue weighted by Gasteiger charge is 2.29. The normalized spacial score (nSPS) is 15.4. The number of thiophene rings is 1. The SMILES string of the molecule is CCn1ccc(C(=O)Nc2sc3c(c2C(=O)Nc2cc(Cl)ccc2Cl)CC[C@H](C)C3)n1. The van der Waals surface area contributed by atoms with E-state index in [-0.39, 0.29) is 11.8 Å². The Hall–Kier alpha value is -2.35. The Bertz CT molecular complexity index is 1150. The number of carbonyl (C=O) groups excluding carboxylic acids is 2. The molecule has 0 unspecified atom stereocenters. The average molecular weight is 477 g/mol. The summed E-state index contributed by atoms with van der Waals surface area (Å²) in [6.45, 7) is 4.82. The number of amides is 2. The molecule has 1 aliphatic carbocycles. The Morgan fingerprint density at radius 3 is 2.77 bits per heavy atom. The molecule has 162 valence electrons. The molecule has 2 amide bonds. The molecule has 0 saturated heterocycles. The molecule has 0 bridgehead atoms. The summed E-state index contributed by atoms with van der Waals surface area (Å²) in [6.07, 6.45) is 4.43. The smallest absolute Gasteiger partial charge is 0.276 e. The number of hydrogen-bond acceptors (Lipinski definition) is 4. The van der Waals surface area contributed by atoms with Gasteiger partial charge in [0.15, 0.2) is 5.69 Å². The Morgan fingerprint density at radius 2 is 2.03 bits per heavy atom. The number of carbonyl (C=O) groups is 2. The number of nitrogens with zero attached hydrogens (tertiary/aromatic N) is 2. The van der Waals surface area contributed by atoms with E-state index in [1.165, 1.54) is 11.3 Å². The maximum atomic E-state index is 13.3. The number of aryl methyl sites for hydroxylation is 1. The van der Waals surface area contributed by atoms with Crippen LogP contribution in [0.25, 0.3) is 0 Å². The highest BCUT2D eigenvalue weighted by molar-refractivity contribution is 7.17. The van der Waals surface area contributed by atoms with Crippen LogP contribution >= 0.6 is 34.5 Å². The zero-order valence-electron chi connectivity index (χ0n) is 17.2. The van der Waals surface area contributed by atoms with Gasteiger partial charge in [-0.05, 0) is 61.9 Å². The van der Waals surface area contributed by atoms with Gasteiger partial charge in [0.1, 0.15) is 5.00 Å². The molecule has 9 heteroatoms. The van der Waals surface area contributed by atoms with Crippen LogP contribution in [0.4, 0.5) is 10.7 Å². The number of benzene rings is 1. The number of halogens is 2. The highest BCUT2D eigenvalue weighted by atomic mass is 35.5. The fourth-order valence-electron chi connectivity index (χ4n) is 3.68. The third-order valence-electron chi connectivity index (χ3n) is 5.34. The molecular formula is C22H22Cl2N4O2S. The molecule has 0 aliphatic heterocycles. The minimum atomic E-state index is -0.339. The van der Waals surface area contributed by atoms with Gasteiger partial charge in [-0.3, -0.25) is 14.3 Å². The molecule has 0 radical (unpaired) electrons.